The molecule has 0 bridgehead atoms. The van der Waals surface area contributed by atoms with Crippen LogP contribution < -0.4 is 5.32 Å². The monoisotopic (exact) mass is 221 g/mol. The number of hydrogen-bond donors (Lipinski definition) is 3. The maximum absolute atomic E-state index is 10.6. The molecule has 0 aliphatic rings. The molecule has 2 atom stereocenters. The van der Waals surface area contributed by atoms with Crippen molar-refractivity contribution in [1.82, 2.24) is 5.32 Å². The maximum Gasteiger partial charge on any atom is 0.327 e. The van der Waals surface area contributed by atoms with Gasteiger partial charge in [0, 0.05) is 18.4 Å². The smallest absolute Gasteiger partial charge is 0.327 e. The van der Waals surface area contributed by atoms with Gasteiger partial charge in [0.2, 0.25) is 5.91 Å². The van der Waals surface area contributed by atoms with Crippen LogP contribution in [0.1, 0.15) is 13.8 Å². The number of thioether (sulfide) groups is 1. The van der Waals surface area contributed by atoms with Crippen molar-refractivity contribution in [1.29, 1.82) is 0 Å². The van der Waals surface area contributed by atoms with E-state index in [0.29, 0.717) is 5.75 Å². The van der Waals surface area contributed by atoms with E-state index in [1.54, 1.807) is 6.92 Å². The number of aliphatic hydroxyl groups excluding tert-OH is 1. The van der Waals surface area contributed by atoms with Gasteiger partial charge in [0.15, 0.2) is 0 Å². The minimum Gasteiger partial charge on any atom is -0.480 e. The second-order valence-electron chi connectivity index (χ2n) is 2.98. The normalized spacial score (nSPS) is 14.5. The summed E-state index contributed by atoms with van der Waals surface area (Å²) >= 11 is 1.29. The molecule has 3 N–H and O–H groups in total. The number of aliphatic hydroxyl groups is 1. The van der Waals surface area contributed by atoms with E-state index >= 15 is 0 Å². The number of amides is 1. The van der Waals surface area contributed by atoms with E-state index in [9.17, 15) is 9.59 Å². The van der Waals surface area contributed by atoms with Crippen LogP contribution in [0, 0.1) is 0 Å². The average Bonchev–Trinajstić information content (AvgIpc) is 2.00. The number of carboxylic acids is 1. The third-order valence-corrected chi connectivity index (χ3v) is 2.61. The van der Waals surface area contributed by atoms with Gasteiger partial charge in [0.1, 0.15) is 6.04 Å². The first kappa shape index (κ1) is 13.2. The molecule has 0 aromatic rings. The molecule has 0 heterocycles. The largest absolute Gasteiger partial charge is 0.480 e. The quantitative estimate of drug-likeness (QED) is 0.572. The summed E-state index contributed by atoms with van der Waals surface area (Å²) in [7, 11) is 0. The van der Waals surface area contributed by atoms with Crippen molar-refractivity contribution in [3.05, 3.63) is 0 Å². The second-order valence-corrected chi connectivity index (χ2v) is 4.05. The van der Waals surface area contributed by atoms with Crippen LogP contribution in [-0.2, 0) is 9.59 Å². The van der Waals surface area contributed by atoms with E-state index in [2.05, 4.69) is 5.32 Å². The molecule has 5 nitrogen and oxygen atoms in total. The first-order valence-corrected chi connectivity index (χ1v) is 5.34. The minimum atomic E-state index is -1.06. The highest BCUT2D eigenvalue weighted by Crippen LogP contribution is 2.05. The van der Waals surface area contributed by atoms with E-state index in [4.69, 9.17) is 10.2 Å². The summed E-state index contributed by atoms with van der Waals surface area (Å²) in [6.07, 6.45) is -0.466. The average molecular weight is 221 g/mol. The van der Waals surface area contributed by atoms with Gasteiger partial charge in [-0.1, -0.05) is 0 Å². The Labute approximate surface area is 86.9 Å². The number of carboxylic acid groups (broad SMARTS) is 1. The van der Waals surface area contributed by atoms with Gasteiger partial charge in [-0.2, -0.15) is 11.8 Å². The topological polar surface area (TPSA) is 86.6 Å². The number of aliphatic carboxylic acids is 1. The lowest BCUT2D eigenvalue weighted by atomic mass is 10.3. The van der Waals surface area contributed by atoms with Crippen LogP contribution in [0.4, 0.5) is 0 Å². The summed E-state index contributed by atoms with van der Waals surface area (Å²) < 4.78 is 0. The van der Waals surface area contributed by atoms with E-state index in [-0.39, 0.29) is 11.7 Å². The van der Waals surface area contributed by atoms with Gasteiger partial charge in [0.25, 0.3) is 0 Å². The van der Waals surface area contributed by atoms with E-state index in [0.717, 1.165) is 0 Å². The molecular formula is C8H15NO4S. The molecule has 0 saturated heterocycles. The molecule has 6 heteroatoms. The Hall–Kier alpha value is -0.750. The molecular weight excluding hydrogens is 206 g/mol. The molecule has 0 fully saturated rings. The molecule has 0 saturated carbocycles. The van der Waals surface area contributed by atoms with Gasteiger partial charge < -0.3 is 15.5 Å². The fourth-order valence-corrected chi connectivity index (χ4v) is 1.72. The summed E-state index contributed by atoms with van der Waals surface area (Å²) in [6.45, 7) is 2.90. The highest BCUT2D eigenvalue weighted by Gasteiger charge is 2.18. The predicted octanol–water partition coefficient (Wildman–Crippen LogP) is -0.310. The van der Waals surface area contributed by atoms with E-state index < -0.39 is 18.1 Å². The van der Waals surface area contributed by atoms with Crippen molar-refractivity contribution >= 4 is 23.6 Å². The Morgan fingerprint density at radius 2 is 2.00 bits per heavy atom. The third-order valence-electron chi connectivity index (χ3n) is 1.32. The minimum absolute atomic E-state index is 0.264. The highest BCUT2D eigenvalue weighted by molar-refractivity contribution is 7.99. The van der Waals surface area contributed by atoms with Crippen LogP contribution in [0.2, 0.25) is 0 Å². The second kappa shape index (κ2) is 6.67. The molecule has 82 valence electrons. The number of hydrogen-bond acceptors (Lipinski definition) is 4. The zero-order chi connectivity index (χ0) is 11.1. The molecule has 0 aliphatic heterocycles. The fraction of sp³-hybridized carbons (Fsp3) is 0.750. The highest BCUT2D eigenvalue weighted by atomic mass is 32.2. The van der Waals surface area contributed by atoms with Crippen LogP contribution in [-0.4, -0.2) is 45.7 Å². The third kappa shape index (κ3) is 6.73. The summed E-state index contributed by atoms with van der Waals surface area (Å²) in [4.78, 5) is 21.2. The lowest BCUT2D eigenvalue weighted by Gasteiger charge is -2.13. The van der Waals surface area contributed by atoms with Crippen LogP contribution in [0.25, 0.3) is 0 Å². The Bertz CT molecular complexity index is 208. The zero-order valence-corrected chi connectivity index (χ0v) is 9.00. The van der Waals surface area contributed by atoms with Gasteiger partial charge in [-0.05, 0) is 6.92 Å². The number of rotatable bonds is 6. The Kier molecular flexibility index (Phi) is 6.31. The summed E-state index contributed by atoms with van der Waals surface area (Å²) in [5.74, 6) is -0.697. The summed E-state index contributed by atoms with van der Waals surface area (Å²) in [5.41, 5.74) is 0. The molecule has 0 aliphatic carbocycles. The molecule has 0 aromatic heterocycles. The summed E-state index contributed by atoms with van der Waals surface area (Å²) in [6, 6.07) is -0.878. The van der Waals surface area contributed by atoms with E-state index in [1.807, 2.05) is 0 Å². The van der Waals surface area contributed by atoms with Crippen LogP contribution in [0.15, 0.2) is 0 Å². The standard InChI is InChI=1S/C8H15NO4S/c1-5(10)3-14-4-7(8(12)13)9-6(2)11/h5,7,10H,3-4H2,1-2H3,(H,9,11)(H,12,13). The van der Waals surface area contributed by atoms with Gasteiger partial charge in [0.05, 0.1) is 6.10 Å². The van der Waals surface area contributed by atoms with Gasteiger partial charge in [-0.3, -0.25) is 4.79 Å². The molecule has 2 unspecified atom stereocenters. The summed E-state index contributed by atoms with van der Waals surface area (Å²) in [5, 5.41) is 19.9. The van der Waals surface area contributed by atoms with E-state index in [1.165, 1.54) is 18.7 Å². The Morgan fingerprint density at radius 1 is 1.43 bits per heavy atom. The SMILES string of the molecule is CC(=O)NC(CSCC(C)O)C(=O)O. The van der Waals surface area contributed by atoms with Crippen molar-refractivity contribution in [2.75, 3.05) is 11.5 Å². The number of carbonyl (C=O) groups excluding carboxylic acids is 1. The maximum atomic E-state index is 10.6. The number of carbonyl (C=O) groups is 2. The molecule has 0 spiro atoms. The first-order valence-electron chi connectivity index (χ1n) is 4.19. The van der Waals surface area contributed by atoms with Crippen molar-refractivity contribution in [3.8, 4) is 0 Å². The Balaban J connectivity index is 3.86. The van der Waals surface area contributed by atoms with Crippen molar-refractivity contribution < 1.29 is 19.8 Å². The first-order chi connectivity index (χ1) is 6.43. The van der Waals surface area contributed by atoms with Crippen molar-refractivity contribution in [2.45, 2.75) is 26.0 Å². The molecule has 14 heavy (non-hydrogen) atoms. The van der Waals surface area contributed by atoms with Crippen molar-refractivity contribution in [2.24, 2.45) is 0 Å². The lowest BCUT2D eigenvalue weighted by molar-refractivity contribution is -0.140. The molecule has 0 rings (SSSR count). The van der Waals surface area contributed by atoms with Crippen LogP contribution in [0.5, 0.6) is 0 Å². The van der Waals surface area contributed by atoms with Gasteiger partial charge in [-0.15, -0.1) is 0 Å². The van der Waals surface area contributed by atoms with Crippen LogP contribution >= 0.6 is 11.8 Å². The Morgan fingerprint density at radius 3 is 2.36 bits per heavy atom. The lowest BCUT2D eigenvalue weighted by Crippen LogP contribution is -2.41. The van der Waals surface area contributed by atoms with Crippen LogP contribution in [0.3, 0.4) is 0 Å². The van der Waals surface area contributed by atoms with Gasteiger partial charge in [-0.25, -0.2) is 4.79 Å². The predicted molar refractivity (Wildman–Crippen MR) is 54.2 cm³/mol. The van der Waals surface area contributed by atoms with Crippen molar-refractivity contribution in [3.63, 3.8) is 0 Å². The fourth-order valence-electron chi connectivity index (χ4n) is 0.777. The zero-order valence-electron chi connectivity index (χ0n) is 8.19. The molecule has 1 amide bonds. The molecule has 0 radical (unpaired) electrons. The van der Waals surface area contributed by atoms with Gasteiger partial charge >= 0.3 is 5.97 Å². The molecule has 0 aromatic carbocycles. The number of nitrogens with one attached hydrogen (secondary N) is 1.